The molecule has 0 heterocycles. The van der Waals surface area contributed by atoms with Gasteiger partial charge in [-0.2, -0.15) is 5.06 Å². The topological polar surface area (TPSA) is 23.5 Å². The Labute approximate surface area is 77.5 Å². The summed E-state index contributed by atoms with van der Waals surface area (Å²) in [5.41, 5.74) is -0.0521. The molecule has 1 N–H and O–H groups in total. The van der Waals surface area contributed by atoms with Crippen molar-refractivity contribution in [2.75, 3.05) is 6.54 Å². The molecule has 0 atom stereocenters. The van der Waals surface area contributed by atoms with Crippen molar-refractivity contribution < 1.29 is 5.21 Å². The summed E-state index contributed by atoms with van der Waals surface area (Å²) in [6.07, 6.45) is 2.15. The summed E-state index contributed by atoms with van der Waals surface area (Å²) < 4.78 is 0. The van der Waals surface area contributed by atoms with Crippen LogP contribution in [0.15, 0.2) is 0 Å². The standard InChI is InChI=1S/C8H19NO.C2H6/c1-5-7-8(3,4)9(10)6-2;1-2/h10H,5-7H2,1-4H3;1-2H3. The summed E-state index contributed by atoms with van der Waals surface area (Å²) in [6.45, 7) is 12.9. The molecular weight excluding hydrogens is 150 g/mol. The highest BCUT2D eigenvalue weighted by molar-refractivity contribution is 4.74. The normalized spacial score (nSPS) is 11.0. The molecule has 0 saturated heterocycles. The molecule has 0 aliphatic heterocycles. The van der Waals surface area contributed by atoms with E-state index in [1.165, 1.54) is 5.06 Å². The zero-order chi connectivity index (χ0) is 10.2. The Kier molecular flexibility index (Phi) is 9.10. The largest absolute Gasteiger partial charge is 0.313 e. The zero-order valence-corrected chi connectivity index (χ0v) is 9.52. The Balaban J connectivity index is 0. The highest BCUT2D eigenvalue weighted by atomic mass is 16.5. The van der Waals surface area contributed by atoms with Gasteiger partial charge in [0.2, 0.25) is 0 Å². The molecule has 0 spiro atoms. The van der Waals surface area contributed by atoms with E-state index in [9.17, 15) is 5.21 Å². The highest BCUT2D eigenvalue weighted by Crippen LogP contribution is 2.17. The van der Waals surface area contributed by atoms with E-state index in [1.807, 2.05) is 20.8 Å². The monoisotopic (exact) mass is 175 g/mol. The fourth-order valence-corrected chi connectivity index (χ4v) is 1.17. The van der Waals surface area contributed by atoms with Crippen LogP contribution in [0.2, 0.25) is 0 Å². The molecule has 0 aliphatic rings. The fraction of sp³-hybridized carbons (Fsp3) is 1.00. The van der Waals surface area contributed by atoms with Crippen LogP contribution in [0.4, 0.5) is 0 Å². The first-order valence-electron chi connectivity index (χ1n) is 5.01. The average molecular weight is 175 g/mol. The fourth-order valence-electron chi connectivity index (χ4n) is 1.17. The van der Waals surface area contributed by atoms with Crippen LogP contribution in [0.1, 0.15) is 54.4 Å². The van der Waals surface area contributed by atoms with Crippen LogP contribution in [-0.2, 0) is 0 Å². The lowest BCUT2D eigenvalue weighted by atomic mass is 9.99. The van der Waals surface area contributed by atoms with Crippen molar-refractivity contribution in [1.82, 2.24) is 5.06 Å². The minimum absolute atomic E-state index is 0.0521. The maximum atomic E-state index is 9.35. The molecule has 2 heteroatoms. The minimum Gasteiger partial charge on any atom is -0.313 e. The van der Waals surface area contributed by atoms with E-state index < -0.39 is 0 Å². The Bertz CT molecular complexity index is 91.8. The predicted molar refractivity (Wildman–Crippen MR) is 54.5 cm³/mol. The van der Waals surface area contributed by atoms with E-state index in [0.29, 0.717) is 6.54 Å². The third-order valence-electron chi connectivity index (χ3n) is 1.86. The van der Waals surface area contributed by atoms with Gasteiger partial charge in [0.1, 0.15) is 0 Å². The summed E-state index contributed by atoms with van der Waals surface area (Å²) >= 11 is 0. The average Bonchev–Trinajstić information content (AvgIpc) is 2.06. The van der Waals surface area contributed by atoms with Gasteiger partial charge >= 0.3 is 0 Å². The molecule has 0 fully saturated rings. The lowest BCUT2D eigenvalue weighted by molar-refractivity contribution is -0.160. The maximum absolute atomic E-state index is 9.35. The summed E-state index contributed by atoms with van der Waals surface area (Å²) in [4.78, 5) is 0. The van der Waals surface area contributed by atoms with E-state index in [-0.39, 0.29) is 5.54 Å². The van der Waals surface area contributed by atoms with Crippen molar-refractivity contribution in [3.63, 3.8) is 0 Å². The van der Waals surface area contributed by atoms with E-state index >= 15 is 0 Å². The molecule has 0 aromatic rings. The zero-order valence-electron chi connectivity index (χ0n) is 9.52. The molecule has 0 unspecified atom stereocenters. The van der Waals surface area contributed by atoms with Gasteiger partial charge in [-0.1, -0.05) is 34.1 Å². The lowest BCUT2D eigenvalue weighted by Gasteiger charge is -2.32. The van der Waals surface area contributed by atoms with Gasteiger partial charge < -0.3 is 5.21 Å². The van der Waals surface area contributed by atoms with E-state index in [4.69, 9.17) is 0 Å². The van der Waals surface area contributed by atoms with Crippen LogP contribution < -0.4 is 0 Å². The van der Waals surface area contributed by atoms with Crippen LogP contribution in [0.25, 0.3) is 0 Å². The number of hydrogen-bond donors (Lipinski definition) is 1. The predicted octanol–water partition coefficient (Wildman–Crippen LogP) is 3.30. The van der Waals surface area contributed by atoms with Crippen LogP contribution in [-0.4, -0.2) is 22.4 Å². The van der Waals surface area contributed by atoms with Gasteiger partial charge in [0.25, 0.3) is 0 Å². The van der Waals surface area contributed by atoms with Gasteiger partial charge in [-0.05, 0) is 20.3 Å². The summed E-state index contributed by atoms with van der Waals surface area (Å²) in [5, 5.41) is 10.7. The van der Waals surface area contributed by atoms with Crippen molar-refractivity contribution in [3.05, 3.63) is 0 Å². The molecule has 0 aromatic heterocycles. The Morgan fingerprint density at radius 2 is 1.58 bits per heavy atom. The van der Waals surface area contributed by atoms with Gasteiger partial charge in [0, 0.05) is 12.1 Å². The van der Waals surface area contributed by atoms with Gasteiger partial charge in [0.15, 0.2) is 0 Å². The first kappa shape index (κ1) is 14.4. The smallest absolute Gasteiger partial charge is 0.0404 e. The molecular formula is C10H25NO. The second kappa shape index (κ2) is 7.56. The SMILES string of the molecule is CC.CCCC(C)(C)N(O)CC. The summed E-state index contributed by atoms with van der Waals surface area (Å²) in [5.74, 6) is 0. The van der Waals surface area contributed by atoms with Gasteiger partial charge in [0.05, 0.1) is 0 Å². The molecule has 0 aliphatic carbocycles. The van der Waals surface area contributed by atoms with Crippen molar-refractivity contribution in [2.24, 2.45) is 0 Å². The molecule has 76 valence electrons. The first-order chi connectivity index (χ1) is 5.54. The third kappa shape index (κ3) is 5.56. The lowest BCUT2D eigenvalue weighted by Crippen LogP contribution is -2.41. The number of hydroxylamine groups is 2. The molecule has 2 nitrogen and oxygen atoms in total. The van der Waals surface area contributed by atoms with E-state index in [2.05, 4.69) is 20.8 Å². The van der Waals surface area contributed by atoms with Crippen LogP contribution in [0.5, 0.6) is 0 Å². The molecule has 0 saturated carbocycles. The van der Waals surface area contributed by atoms with Gasteiger partial charge in [-0.15, -0.1) is 0 Å². The second-order valence-corrected chi connectivity index (χ2v) is 3.28. The van der Waals surface area contributed by atoms with Gasteiger partial charge in [-0.25, -0.2) is 0 Å². The quantitative estimate of drug-likeness (QED) is 0.663. The Morgan fingerprint density at radius 1 is 1.17 bits per heavy atom. The summed E-state index contributed by atoms with van der Waals surface area (Å²) in [6, 6.07) is 0. The molecule has 0 bridgehead atoms. The highest BCUT2D eigenvalue weighted by Gasteiger charge is 2.22. The number of hydrogen-bond acceptors (Lipinski definition) is 2. The van der Waals surface area contributed by atoms with Crippen LogP contribution in [0.3, 0.4) is 0 Å². The molecule has 12 heavy (non-hydrogen) atoms. The third-order valence-corrected chi connectivity index (χ3v) is 1.86. The van der Waals surface area contributed by atoms with Crippen molar-refractivity contribution in [3.8, 4) is 0 Å². The molecule has 0 radical (unpaired) electrons. The molecule has 0 amide bonds. The number of rotatable bonds is 4. The van der Waals surface area contributed by atoms with Crippen LogP contribution >= 0.6 is 0 Å². The second-order valence-electron chi connectivity index (χ2n) is 3.28. The molecule has 0 rings (SSSR count). The number of nitrogens with zero attached hydrogens (tertiary/aromatic N) is 1. The Hall–Kier alpha value is -0.0800. The van der Waals surface area contributed by atoms with Crippen LogP contribution in [0, 0.1) is 0 Å². The van der Waals surface area contributed by atoms with E-state index in [1.54, 1.807) is 0 Å². The van der Waals surface area contributed by atoms with E-state index in [0.717, 1.165) is 12.8 Å². The minimum atomic E-state index is -0.0521. The Morgan fingerprint density at radius 3 is 1.83 bits per heavy atom. The first-order valence-corrected chi connectivity index (χ1v) is 5.01. The van der Waals surface area contributed by atoms with Crippen molar-refractivity contribution >= 4 is 0 Å². The summed E-state index contributed by atoms with van der Waals surface area (Å²) in [7, 11) is 0. The van der Waals surface area contributed by atoms with Gasteiger partial charge in [-0.3, -0.25) is 0 Å². The van der Waals surface area contributed by atoms with Crippen molar-refractivity contribution in [1.29, 1.82) is 0 Å². The molecule has 0 aromatic carbocycles. The maximum Gasteiger partial charge on any atom is 0.0404 e. The van der Waals surface area contributed by atoms with Crippen molar-refractivity contribution in [2.45, 2.75) is 59.9 Å².